The van der Waals surface area contributed by atoms with E-state index >= 15 is 0 Å². The van der Waals surface area contributed by atoms with Gasteiger partial charge in [-0.05, 0) is 53.3 Å². The van der Waals surface area contributed by atoms with Crippen molar-refractivity contribution >= 4 is 52.4 Å². The van der Waals surface area contributed by atoms with Crippen LogP contribution in [0.5, 0.6) is 5.75 Å². The lowest BCUT2D eigenvalue weighted by molar-refractivity contribution is -0.143. The zero-order valence-corrected chi connectivity index (χ0v) is 34.6. The predicted octanol–water partition coefficient (Wildman–Crippen LogP) is 0.837. The summed E-state index contributed by atoms with van der Waals surface area (Å²) in [6, 6.07) is 21.6. The summed E-state index contributed by atoms with van der Waals surface area (Å²) in [5.41, 5.74) is 9.22. The number of fused-ring (bicyclic) bond motifs is 1. The van der Waals surface area contributed by atoms with Crippen molar-refractivity contribution in [3.63, 3.8) is 0 Å². The van der Waals surface area contributed by atoms with Crippen molar-refractivity contribution in [1.82, 2.24) is 31.6 Å². The van der Waals surface area contributed by atoms with Gasteiger partial charge in [-0.1, -0.05) is 91.0 Å². The SMILES string of the molecule is N[C@@H](Cc1ccccc1)C(=O)N[C@@H](CO)C(=O)N[C@@H](Cc1ccc(O)cc1)C(=O)N[C@@H](Cc1ccccc1)C(=O)N[C@@H](CCC(=O)O)C(=O)N[C@@H](Cc1c[nH]c2ccccc12)C(=O)O. The maximum Gasteiger partial charge on any atom is 0.326 e. The number of hydrogen-bond acceptors (Lipinski definition) is 10. The van der Waals surface area contributed by atoms with Gasteiger partial charge < -0.3 is 57.7 Å². The van der Waals surface area contributed by atoms with Gasteiger partial charge in [0, 0.05) is 42.8 Å². The Labute approximate surface area is 367 Å². The average molecular weight is 878 g/mol. The number of aliphatic carboxylic acids is 2. The molecule has 0 aliphatic carbocycles. The number of aromatic hydroxyl groups is 1. The summed E-state index contributed by atoms with van der Waals surface area (Å²) in [6.45, 7) is -0.869. The molecular formula is C46H51N7O11. The van der Waals surface area contributed by atoms with Crippen molar-refractivity contribution in [2.24, 2.45) is 5.73 Å². The highest BCUT2D eigenvalue weighted by molar-refractivity contribution is 5.97. The van der Waals surface area contributed by atoms with Crippen LogP contribution in [0.15, 0.2) is 115 Å². The molecule has 0 bridgehead atoms. The second-order valence-corrected chi connectivity index (χ2v) is 15.2. The number of aromatic amines is 1. The molecule has 12 N–H and O–H groups in total. The van der Waals surface area contributed by atoms with Gasteiger partial charge >= 0.3 is 11.9 Å². The number of amides is 5. The maximum atomic E-state index is 14.2. The Morgan fingerprint density at radius 1 is 0.531 bits per heavy atom. The van der Waals surface area contributed by atoms with Crippen molar-refractivity contribution in [3.8, 4) is 5.75 Å². The van der Waals surface area contributed by atoms with Crippen LogP contribution in [0, 0.1) is 0 Å². The molecular weight excluding hydrogens is 827 g/mol. The highest BCUT2D eigenvalue weighted by Crippen LogP contribution is 2.20. The normalized spacial score (nSPS) is 13.8. The van der Waals surface area contributed by atoms with E-state index in [0.29, 0.717) is 16.7 Å². The first-order chi connectivity index (χ1) is 30.7. The number of carbonyl (C=O) groups is 7. The number of nitrogens with one attached hydrogen (secondary N) is 6. The number of hydrogen-bond donors (Lipinski definition) is 11. The van der Waals surface area contributed by atoms with E-state index in [1.54, 1.807) is 91.1 Å². The number of carboxylic acids is 2. The van der Waals surface area contributed by atoms with Gasteiger partial charge in [0.1, 0.15) is 36.0 Å². The first kappa shape index (κ1) is 47.5. The molecule has 0 aliphatic heterocycles. The molecule has 6 atom stereocenters. The lowest BCUT2D eigenvalue weighted by Gasteiger charge is -2.27. The Bertz CT molecular complexity index is 2390. The summed E-state index contributed by atoms with van der Waals surface area (Å²) >= 11 is 0. The summed E-state index contributed by atoms with van der Waals surface area (Å²) < 4.78 is 0. The number of aliphatic hydroxyl groups excluding tert-OH is 1. The monoisotopic (exact) mass is 877 g/mol. The number of phenols is 1. The van der Waals surface area contributed by atoms with Crippen molar-refractivity contribution in [2.45, 2.75) is 74.8 Å². The molecule has 5 aromatic rings. The molecule has 1 heterocycles. The molecule has 4 aromatic carbocycles. The van der Waals surface area contributed by atoms with Crippen molar-refractivity contribution in [2.75, 3.05) is 6.61 Å². The fraction of sp³-hybridized carbons (Fsp3) is 0.283. The number of carbonyl (C=O) groups excluding carboxylic acids is 5. The number of carboxylic acid groups (broad SMARTS) is 2. The van der Waals surface area contributed by atoms with Gasteiger partial charge in [0.05, 0.1) is 12.6 Å². The Hall–Kier alpha value is -7.57. The van der Waals surface area contributed by atoms with Crippen LogP contribution in [0.4, 0.5) is 0 Å². The van der Waals surface area contributed by atoms with Crippen LogP contribution in [0.3, 0.4) is 0 Å². The molecule has 0 saturated carbocycles. The molecule has 64 heavy (non-hydrogen) atoms. The van der Waals surface area contributed by atoms with E-state index in [2.05, 4.69) is 31.6 Å². The van der Waals surface area contributed by atoms with Crippen molar-refractivity contribution < 1.29 is 54.0 Å². The molecule has 5 rings (SSSR count). The standard InChI is InChI=1S/C46H51N7O11/c47-33(21-27-9-3-1-4-10-27)41(58)53-39(26-54)45(62)51-37(23-29-15-17-31(55)18-16-29)44(61)50-36(22-28-11-5-2-6-12-28)43(60)49-35(19-20-40(56)57)42(59)52-38(46(63)64)24-30-25-48-34-14-8-7-13-32(30)34/h1-18,25,33,35-39,48,54-55H,19-24,26,47H2,(H,49,60)(H,50,61)(H,51,62)(H,52,59)(H,53,58)(H,56,57)(H,63,64)/t33-,35-,36-,37-,38-,39-/m0/s1. The first-order valence-corrected chi connectivity index (χ1v) is 20.4. The molecule has 5 amide bonds. The van der Waals surface area contributed by atoms with Gasteiger partial charge in [-0.2, -0.15) is 0 Å². The smallest absolute Gasteiger partial charge is 0.326 e. The lowest BCUT2D eigenvalue weighted by Crippen LogP contribution is -2.60. The number of H-pyrrole nitrogens is 1. The van der Waals surface area contributed by atoms with Crippen LogP contribution >= 0.6 is 0 Å². The summed E-state index contributed by atoms with van der Waals surface area (Å²) in [4.78, 5) is 96.0. The molecule has 0 unspecified atom stereocenters. The van der Waals surface area contributed by atoms with Gasteiger partial charge in [0.2, 0.25) is 29.5 Å². The highest BCUT2D eigenvalue weighted by Gasteiger charge is 2.34. The fourth-order valence-corrected chi connectivity index (χ4v) is 6.92. The van der Waals surface area contributed by atoms with Gasteiger partial charge in [0.25, 0.3) is 0 Å². The zero-order chi connectivity index (χ0) is 46.2. The van der Waals surface area contributed by atoms with E-state index in [1.165, 1.54) is 24.3 Å². The minimum Gasteiger partial charge on any atom is -0.508 e. The highest BCUT2D eigenvalue weighted by atomic mass is 16.4. The van der Waals surface area contributed by atoms with E-state index in [4.69, 9.17) is 5.73 Å². The number of benzene rings is 4. The van der Waals surface area contributed by atoms with E-state index in [9.17, 15) is 54.0 Å². The van der Waals surface area contributed by atoms with E-state index in [-0.39, 0.29) is 31.4 Å². The van der Waals surface area contributed by atoms with Crippen molar-refractivity contribution in [1.29, 1.82) is 0 Å². The third-order valence-corrected chi connectivity index (χ3v) is 10.4. The van der Waals surface area contributed by atoms with E-state index in [1.807, 2.05) is 0 Å². The minimum atomic E-state index is -1.57. The summed E-state index contributed by atoms with van der Waals surface area (Å²) in [5, 5.41) is 52.9. The Kier molecular flexibility index (Phi) is 17.1. The van der Waals surface area contributed by atoms with Crippen LogP contribution in [0.1, 0.15) is 35.1 Å². The number of nitrogens with two attached hydrogens (primary N) is 1. The number of phenolic OH excluding ortho intramolecular Hbond substituents is 1. The third-order valence-electron chi connectivity index (χ3n) is 10.4. The van der Waals surface area contributed by atoms with Crippen LogP contribution in [-0.2, 0) is 59.2 Å². The number of rotatable bonds is 23. The summed E-state index contributed by atoms with van der Waals surface area (Å²) in [6.07, 6.45) is 0.218. The molecule has 0 spiro atoms. The third kappa shape index (κ3) is 14.0. The van der Waals surface area contributed by atoms with Gasteiger partial charge in [0.15, 0.2) is 0 Å². The lowest BCUT2D eigenvalue weighted by atomic mass is 10.0. The first-order valence-electron chi connectivity index (χ1n) is 20.4. The Morgan fingerprint density at radius 3 is 1.56 bits per heavy atom. The molecule has 0 saturated heterocycles. The van der Waals surface area contributed by atoms with Crippen LogP contribution in [-0.4, -0.2) is 110 Å². The molecule has 0 aliphatic rings. The molecule has 0 radical (unpaired) electrons. The second-order valence-electron chi connectivity index (χ2n) is 15.2. The van der Waals surface area contributed by atoms with Gasteiger partial charge in [-0.15, -0.1) is 0 Å². The molecule has 0 fully saturated rings. The van der Waals surface area contributed by atoms with Crippen LogP contribution < -0.4 is 32.3 Å². The predicted molar refractivity (Wildman–Crippen MR) is 233 cm³/mol. The van der Waals surface area contributed by atoms with E-state index < -0.39 is 97.2 Å². The summed E-state index contributed by atoms with van der Waals surface area (Å²) in [7, 11) is 0. The fourth-order valence-electron chi connectivity index (χ4n) is 6.92. The quantitative estimate of drug-likeness (QED) is 0.0435. The minimum absolute atomic E-state index is 0.0718. The summed E-state index contributed by atoms with van der Waals surface area (Å²) in [5.74, 6) is -7.27. The molecule has 18 nitrogen and oxygen atoms in total. The van der Waals surface area contributed by atoms with E-state index in [0.717, 1.165) is 16.5 Å². The largest absolute Gasteiger partial charge is 0.508 e. The van der Waals surface area contributed by atoms with Crippen LogP contribution in [0.2, 0.25) is 0 Å². The second kappa shape index (κ2) is 23.0. The topological polar surface area (TPSA) is 302 Å². The maximum absolute atomic E-state index is 14.2. The Morgan fingerprint density at radius 2 is 1.00 bits per heavy atom. The molecule has 18 heteroatoms. The van der Waals surface area contributed by atoms with Gasteiger partial charge in [-0.25, -0.2) is 4.79 Å². The van der Waals surface area contributed by atoms with Gasteiger partial charge in [-0.3, -0.25) is 28.8 Å². The number of para-hydroxylation sites is 1. The average Bonchev–Trinajstić information content (AvgIpc) is 3.69. The van der Waals surface area contributed by atoms with Crippen molar-refractivity contribution in [3.05, 3.63) is 138 Å². The molecule has 1 aromatic heterocycles. The molecule has 336 valence electrons. The Balaban J connectivity index is 1.36. The zero-order valence-electron chi connectivity index (χ0n) is 34.6. The number of aromatic nitrogens is 1. The van der Waals surface area contributed by atoms with Crippen LogP contribution in [0.25, 0.3) is 10.9 Å². The number of aliphatic hydroxyl groups is 1.